The van der Waals surface area contributed by atoms with E-state index in [2.05, 4.69) is 5.32 Å². The zero-order valence-corrected chi connectivity index (χ0v) is 10.7. The molecule has 1 aromatic carbocycles. The predicted octanol–water partition coefficient (Wildman–Crippen LogP) is 2.75. The molecule has 0 saturated heterocycles. The van der Waals surface area contributed by atoms with E-state index in [4.69, 9.17) is 17.3 Å². The third-order valence-electron chi connectivity index (χ3n) is 2.27. The molecular formula is C12H9ClN2O2S. The van der Waals surface area contributed by atoms with Gasteiger partial charge in [0.05, 0.1) is 16.1 Å². The van der Waals surface area contributed by atoms with Crippen LogP contribution in [-0.4, -0.2) is 11.8 Å². The van der Waals surface area contributed by atoms with Crippen LogP contribution in [0.1, 0.15) is 20.7 Å². The first-order valence-electron chi connectivity index (χ1n) is 5.01. The van der Waals surface area contributed by atoms with Gasteiger partial charge in [0.2, 0.25) is 5.91 Å². The number of nitrogens with one attached hydrogen (secondary N) is 1. The lowest BCUT2D eigenvalue weighted by Crippen LogP contribution is -2.14. The Morgan fingerprint density at radius 3 is 2.67 bits per heavy atom. The van der Waals surface area contributed by atoms with E-state index in [0.29, 0.717) is 11.3 Å². The van der Waals surface area contributed by atoms with Gasteiger partial charge in [-0.3, -0.25) is 9.59 Å². The first kappa shape index (κ1) is 12.6. The van der Waals surface area contributed by atoms with Gasteiger partial charge in [-0.05, 0) is 29.6 Å². The van der Waals surface area contributed by atoms with Crippen molar-refractivity contribution in [1.29, 1.82) is 0 Å². The summed E-state index contributed by atoms with van der Waals surface area (Å²) in [5, 5.41) is 6.48. The fraction of sp³-hybridized carbons (Fsp3) is 0. The number of thiophene rings is 1. The minimum atomic E-state index is -0.633. The highest BCUT2D eigenvalue weighted by atomic mass is 35.5. The van der Waals surface area contributed by atoms with Crippen LogP contribution in [0.3, 0.4) is 0 Å². The number of amides is 2. The van der Waals surface area contributed by atoms with Gasteiger partial charge in [0.25, 0.3) is 5.91 Å². The lowest BCUT2D eigenvalue weighted by molar-refractivity contribution is 0.0996. The number of carbonyl (C=O) groups excluding carboxylic acids is 2. The van der Waals surface area contributed by atoms with Crippen LogP contribution in [-0.2, 0) is 0 Å². The average molecular weight is 281 g/mol. The molecule has 0 spiro atoms. The average Bonchev–Trinajstić information content (AvgIpc) is 2.85. The topological polar surface area (TPSA) is 72.2 Å². The number of primary amides is 1. The van der Waals surface area contributed by atoms with Gasteiger partial charge in [-0.1, -0.05) is 11.6 Å². The van der Waals surface area contributed by atoms with Gasteiger partial charge in [-0.2, -0.15) is 11.3 Å². The number of benzene rings is 1. The van der Waals surface area contributed by atoms with Gasteiger partial charge >= 0.3 is 0 Å². The zero-order chi connectivity index (χ0) is 13.1. The van der Waals surface area contributed by atoms with Crippen molar-refractivity contribution in [3.05, 3.63) is 51.2 Å². The first-order chi connectivity index (χ1) is 8.58. The molecule has 1 aromatic heterocycles. The number of nitrogens with two attached hydrogens (primary N) is 1. The van der Waals surface area contributed by atoms with E-state index in [9.17, 15) is 9.59 Å². The van der Waals surface area contributed by atoms with E-state index in [1.807, 2.05) is 5.38 Å². The van der Waals surface area contributed by atoms with E-state index in [-0.39, 0.29) is 16.5 Å². The fourth-order valence-corrected chi connectivity index (χ4v) is 2.24. The highest BCUT2D eigenvalue weighted by Crippen LogP contribution is 2.20. The Kier molecular flexibility index (Phi) is 3.64. The Bertz CT molecular complexity index is 596. The van der Waals surface area contributed by atoms with Crippen molar-refractivity contribution in [2.75, 3.05) is 5.32 Å². The number of carbonyl (C=O) groups is 2. The van der Waals surface area contributed by atoms with Gasteiger partial charge < -0.3 is 11.1 Å². The van der Waals surface area contributed by atoms with Crippen molar-refractivity contribution in [2.45, 2.75) is 0 Å². The molecule has 0 unspecified atom stereocenters. The van der Waals surface area contributed by atoms with Crippen LogP contribution in [0.25, 0.3) is 0 Å². The highest BCUT2D eigenvalue weighted by molar-refractivity contribution is 7.08. The Labute approximate surface area is 112 Å². The molecule has 4 nitrogen and oxygen atoms in total. The molecule has 92 valence electrons. The standard InChI is InChI=1S/C12H9ClN2O2S/c13-10-2-1-8(5-9(10)11(14)16)15-12(17)7-3-4-18-6-7/h1-6H,(H2,14,16)(H,15,17). The van der Waals surface area contributed by atoms with Crippen LogP contribution in [0.15, 0.2) is 35.0 Å². The molecule has 6 heteroatoms. The van der Waals surface area contributed by atoms with Crippen LogP contribution in [0.4, 0.5) is 5.69 Å². The minimum absolute atomic E-state index is 0.180. The number of halogens is 1. The van der Waals surface area contributed by atoms with Crippen molar-refractivity contribution in [3.8, 4) is 0 Å². The quantitative estimate of drug-likeness (QED) is 0.907. The minimum Gasteiger partial charge on any atom is -0.366 e. The molecule has 0 atom stereocenters. The maximum absolute atomic E-state index is 11.8. The summed E-state index contributed by atoms with van der Waals surface area (Å²) in [5.74, 6) is -0.874. The molecule has 2 aromatic rings. The summed E-state index contributed by atoms with van der Waals surface area (Å²) in [5.41, 5.74) is 6.40. The number of anilines is 1. The van der Waals surface area contributed by atoms with E-state index in [1.54, 1.807) is 17.5 Å². The molecule has 0 aliphatic carbocycles. The molecule has 0 bridgehead atoms. The summed E-state index contributed by atoms with van der Waals surface area (Å²) >= 11 is 7.25. The summed E-state index contributed by atoms with van der Waals surface area (Å²) in [4.78, 5) is 22.9. The summed E-state index contributed by atoms with van der Waals surface area (Å²) in [7, 11) is 0. The molecule has 0 aliphatic heterocycles. The van der Waals surface area contributed by atoms with E-state index in [1.165, 1.54) is 23.5 Å². The largest absolute Gasteiger partial charge is 0.366 e. The molecule has 0 aliphatic rings. The molecular weight excluding hydrogens is 272 g/mol. The fourth-order valence-electron chi connectivity index (χ4n) is 1.39. The van der Waals surface area contributed by atoms with Crippen molar-refractivity contribution < 1.29 is 9.59 Å². The Morgan fingerprint density at radius 2 is 2.06 bits per heavy atom. The smallest absolute Gasteiger partial charge is 0.256 e. The number of hydrogen-bond acceptors (Lipinski definition) is 3. The van der Waals surface area contributed by atoms with Crippen LogP contribution >= 0.6 is 22.9 Å². The SMILES string of the molecule is NC(=O)c1cc(NC(=O)c2ccsc2)ccc1Cl. The van der Waals surface area contributed by atoms with Crippen LogP contribution in [0.2, 0.25) is 5.02 Å². The Hall–Kier alpha value is -1.85. The second kappa shape index (κ2) is 5.20. The van der Waals surface area contributed by atoms with Gasteiger partial charge in [-0.15, -0.1) is 0 Å². The zero-order valence-electron chi connectivity index (χ0n) is 9.14. The molecule has 3 N–H and O–H groups in total. The van der Waals surface area contributed by atoms with Crippen molar-refractivity contribution in [1.82, 2.24) is 0 Å². The third kappa shape index (κ3) is 2.69. The van der Waals surface area contributed by atoms with Gasteiger partial charge in [0.1, 0.15) is 0 Å². The monoisotopic (exact) mass is 280 g/mol. The lowest BCUT2D eigenvalue weighted by atomic mass is 10.2. The van der Waals surface area contributed by atoms with Crippen molar-refractivity contribution >= 4 is 40.4 Å². The lowest BCUT2D eigenvalue weighted by Gasteiger charge is -2.06. The van der Waals surface area contributed by atoms with E-state index in [0.717, 1.165) is 0 Å². The third-order valence-corrected chi connectivity index (χ3v) is 3.29. The summed E-state index contributed by atoms with van der Waals surface area (Å²) in [6.07, 6.45) is 0. The maximum atomic E-state index is 11.8. The molecule has 18 heavy (non-hydrogen) atoms. The first-order valence-corrected chi connectivity index (χ1v) is 6.33. The summed E-state index contributed by atoms with van der Waals surface area (Å²) in [6, 6.07) is 6.30. The molecule has 0 saturated carbocycles. The van der Waals surface area contributed by atoms with E-state index < -0.39 is 5.91 Å². The maximum Gasteiger partial charge on any atom is 0.256 e. The molecule has 2 rings (SSSR count). The van der Waals surface area contributed by atoms with Crippen LogP contribution in [0.5, 0.6) is 0 Å². The van der Waals surface area contributed by atoms with Crippen molar-refractivity contribution in [2.24, 2.45) is 5.73 Å². The van der Waals surface area contributed by atoms with Gasteiger partial charge in [0.15, 0.2) is 0 Å². The molecule has 1 heterocycles. The van der Waals surface area contributed by atoms with Gasteiger partial charge in [-0.25, -0.2) is 0 Å². The number of hydrogen-bond donors (Lipinski definition) is 2. The molecule has 2 amide bonds. The second-order valence-corrected chi connectivity index (χ2v) is 4.71. The van der Waals surface area contributed by atoms with Crippen molar-refractivity contribution in [3.63, 3.8) is 0 Å². The van der Waals surface area contributed by atoms with E-state index >= 15 is 0 Å². The number of rotatable bonds is 3. The Morgan fingerprint density at radius 1 is 1.28 bits per heavy atom. The predicted molar refractivity (Wildman–Crippen MR) is 72.2 cm³/mol. The van der Waals surface area contributed by atoms with Gasteiger partial charge in [0, 0.05) is 11.1 Å². The Balaban J connectivity index is 2.22. The molecule has 0 fully saturated rings. The molecule has 0 radical (unpaired) electrons. The second-order valence-electron chi connectivity index (χ2n) is 3.53. The highest BCUT2D eigenvalue weighted by Gasteiger charge is 2.10. The summed E-state index contributed by atoms with van der Waals surface area (Å²) in [6.45, 7) is 0. The van der Waals surface area contributed by atoms with Crippen LogP contribution in [0, 0.1) is 0 Å². The van der Waals surface area contributed by atoms with Crippen LogP contribution < -0.4 is 11.1 Å². The summed E-state index contributed by atoms with van der Waals surface area (Å²) < 4.78 is 0. The normalized spacial score (nSPS) is 10.1.